The van der Waals surface area contributed by atoms with Crippen molar-refractivity contribution in [2.24, 2.45) is 0 Å². The Balaban J connectivity index is 0.801. The van der Waals surface area contributed by atoms with Gasteiger partial charge in [0.15, 0.2) is 0 Å². The molecule has 69 heavy (non-hydrogen) atoms. The summed E-state index contributed by atoms with van der Waals surface area (Å²) in [7, 11) is 0. The van der Waals surface area contributed by atoms with E-state index in [0.717, 1.165) is 78.1 Å². The van der Waals surface area contributed by atoms with Gasteiger partial charge in [-0.1, -0.05) is 206 Å². The van der Waals surface area contributed by atoms with Crippen LogP contribution < -0.4 is 4.90 Å². The maximum atomic E-state index is 6.91. The predicted molar refractivity (Wildman–Crippen MR) is 290 cm³/mol. The Bertz CT molecular complexity index is 3810. The van der Waals surface area contributed by atoms with E-state index in [-0.39, 0.29) is 0 Å². The van der Waals surface area contributed by atoms with Gasteiger partial charge in [0.2, 0.25) is 0 Å². The minimum atomic E-state index is 0.896. The van der Waals surface area contributed by atoms with Gasteiger partial charge in [0, 0.05) is 55.4 Å². The van der Waals surface area contributed by atoms with Gasteiger partial charge in [0.1, 0.15) is 11.2 Å². The number of para-hydroxylation sites is 4. The highest BCUT2D eigenvalue weighted by atomic mass is 16.3. The van der Waals surface area contributed by atoms with Crippen molar-refractivity contribution in [1.29, 1.82) is 0 Å². The van der Waals surface area contributed by atoms with Crippen molar-refractivity contribution in [2.75, 3.05) is 4.90 Å². The standard InChI is InChI=1S/C66H44N2O/c1-3-13-45(14-4-1)48-29-37-53(38-30-48)67(54-39-31-49(32-40-54)46-15-5-2-6-16-46)55-41-33-50(34-42-55)47-25-27-51(28-26-47)57-19-11-21-61-62-22-12-20-58(66(62)69-65(57)61)52-35-43-56(44-36-52)68-63-23-9-7-17-59(63)60-18-8-10-24-64(60)68/h1-44H. The average Bonchev–Trinajstić information content (AvgIpc) is 3.99. The number of nitrogens with zero attached hydrogens (tertiary/aromatic N) is 2. The van der Waals surface area contributed by atoms with Gasteiger partial charge in [-0.2, -0.15) is 0 Å². The minimum Gasteiger partial charge on any atom is -0.455 e. The second-order valence-electron chi connectivity index (χ2n) is 17.7. The molecule has 3 heteroatoms. The predicted octanol–water partition coefficient (Wildman–Crippen LogP) is 18.5. The summed E-state index contributed by atoms with van der Waals surface area (Å²) in [6.07, 6.45) is 0. The molecule has 3 nitrogen and oxygen atoms in total. The van der Waals surface area contributed by atoms with Crippen molar-refractivity contribution in [3.8, 4) is 61.3 Å². The van der Waals surface area contributed by atoms with Crippen molar-refractivity contribution in [1.82, 2.24) is 4.57 Å². The van der Waals surface area contributed by atoms with Gasteiger partial charge in [0.25, 0.3) is 0 Å². The number of fused-ring (bicyclic) bond motifs is 6. The molecule has 0 amide bonds. The number of rotatable bonds is 9. The topological polar surface area (TPSA) is 21.3 Å². The summed E-state index contributed by atoms with van der Waals surface area (Å²) in [6, 6.07) is 95.7. The highest BCUT2D eigenvalue weighted by Gasteiger charge is 2.18. The molecule has 0 aliphatic heterocycles. The van der Waals surface area contributed by atoms with Crippen molar-refractivity contribution in [3.05, 3.63) is 267 Å². The molecule has 0 N–H and O–H groups in total. The van der Waals surface area contributed by atoms with Crippen LogP contribution in [0.5, 0.6) is 0 Å². The summed E-state index contributed by atoms with van der Waals surface area (Å²) in [4.78, 5) is 2.33. The molecule has 0 bridgehead atoms. The molecule has 13 aromatic rings. The summed E-state index contributed by atoms with van der Waals surface area (Å²) in [5.74, 6) is 0. The summed E-state index contributed by atoms with van der Waals surface area (Å²) in [6.45, 7) is 0. The number of hydrogen-bond acceptors (Lipinski definition) is 2. The fraction of sp³-hybridized carbons (Fsp3) is 0. The van der Waals surface area contributed by atoms with Crippen LogP contribution >= 0.6 is 0 Å². The second kappa shape index (κ2) is 16.9. The van der Waals surface area contributed by atoms with Crippen LogP contribution in [0.25, 0.3) is 105 Å². The van der Waals surface area contributed by atoms with Crippen LogP contribution in [0.4, 0.5) is 17.1 Å². The van der Waals surface area contributed by atoms with Crippen molar-refractivity contribution >= 4 is 60.8 Å². The molecule has 2 heterocycles. The smallest absolute Gasteiger partial charge is 0.143 e. The van der Waals surface area contributed by atoms with Crippen LogP contribution in [0.15, 0.2) is 271 Å². The van der Waals surface area contributed by atoms with E-state index in [1.807, 2.05) is 0 Å². The first-order valence-electron chi connectivity index (χ1n) is 23.6. The number of furan rings is 1. The normalized spacial score (nSPS) is 11.5. The third-order valence-electron chi connectivity index (χ3n) is 13.7. The van der Waals surface area contributed by atoms with E-state index in [9.17, 15) is 0 Å². The molecule has 2 aromatic heterocycles. The lowest BCUT2D eigenvalue weighted by atomic mass is 9.98. The summed E-state index contributed by atoms with van der Waals surface area (Å²) in [5.41, 5.74) is 20.1. The maximum absolute atomic E-state index is 6.91. The van der Waals surface area contributed by atoms with Gasteiger partial charge in [-0.3, -0.25) is 0 Å². The molecular formula is C66H44N2O. The van der Waals surface area contributed by atoms with E-state index in [2.05, 4.69) is 276 Å². The van der Waals surface area contributed by atoms with Crippen LogP contribution in [0.3, 0.4) is 0 Å². The third-order valence-corrected chi connectivity index (χ3v) is 13.7. The highest BCUT2D eigenvalue weighted by molar-refractivity contribution is 6.13. The van der Waals surface area contributed by atoms with Crippen molar-refractivity contribution in [3.63, 3.8) is 0 Å². The third kappa shape index (κ3) is 7.16. The van der Waals surface area contributed by atoms with Gasteiger partial charge in [-0.05, 0) is 105 Å². The molecule has 0 fully saturated rings. The first-order chi connectivity index (χ1) is 34.2. The SMILES string of the molecule is c1ccc(-c2ccc(N(c3ccc(-c4ccccc4)cc3)c3ccc(-c4ccc(-c5cccc6c5oc5c(-c7ccc(-n8c9ccccc9c9ccccc98)cc7)cccc56)cc4)cc3)cc2)cc1. The Morgan fingerprint density at radius 3 is 0.986 bits per heavy atom. The Kier molecular flexibility index (Phi) is 9.84. The highest BCUT2D eigenvalue weighted by Crippen LogP contribution is 2.42. The maximum Gasteiger partial charge on any atom is 0.143 e. The molecule has 0 aliphatic carbocycles. The van der Waals surface area contributed by atoms with Crippen LogP contribution in [0, 0.1) is 0 Å². The van der Waals surface area contributed by atoms with E-state index in [0.29, 0.717) is 0 Å². The first-order valence-corrected chi connectivity index (χ1v) is 23.6. The van der Waals surface area contributed by atoms with E-state index in [4.69, 9.17) is 4.42 Å². The quantitative estimate of drug-likeness (QED) is 0.144. The molecule has 0 atom stereocenters. The zero-order chi connectivity index (χ0) is 45.7. The van der Waals surface area contributed by atoms with Crippen LogP contribution in [0.1, 0.15) is 0 Å². The van der Waals surface area contributed by atoms with Crippen molar-refractivity contribution < 1.29 is 4.42 Å². The minimum absolute atomic E-state index is 0.896. The fourth-order valence-corrected chi connectivity index (χ4v) is 10.2. The fourth-order valence-electron chi connectivity index (χ4n) is 10.2. The zero-order valence-electron chi connectivity index (χ0n) is 37.7. The second-order valence-corrected chi connectivity index (χ2v) is 17.7. The molecule has 324 valence electrons. The van der Waals surface area contributed by atoms with E-state index in [1.54, 1.807) is 0 Å². The average molecular weight is 881 g/mol. The number of anilines is 3. The first kappa shape index (κ1) is 40.1. The van der Waals surface area contributed by atoms with Crippen molar-refractivity contribution in [2.45, 2.75) is 0 Å². The monoisotopic (exact) mass is 880 g/mol. The molecule has 0 saturated carbocycles. The Hall–Kier alpha value is -9.18. The lowest BCUT2D eigenvalue weighted by Gasteiger charge is -2.26. The van der Waals surface area contributed by atoms with Gasteiger partial charge < -0.3 is 13.9 Å². The van der Waals surface area contributed by atoms with Crippen LogP contribution in [-0.2, 0) is 0 Å². The molecule has 0 aliphatic rings. The number of hydrogen-bond donors (Lipinski definition) is 0. The summed E-state index contributed by atoms with van der Waals surface area (Å²) in [5, 5.41) is 4.74. The number of aromatic nitrogens is 1. The lowest BCUT2D eigenvalue weighted by Crippen LogP contribution is -2.09. The van der Waals surface area contributed by atoms with Gasteiger partial charge in [-0.25, -0.2) is 0 Å². The summed E-state index contributed by atoms with van der Waals surface area (Å²) >= 11 is 0. The summed E-state index contributed by atoms with van der Waals surface area (Å²) < 4.78 is 9.27. The molecule has 0 unspecified atom stereocenters. The molecular weight excluding hydrogens is 837 g/mol. The molecule has 0 spiro atoms. The molecule has 0 radical (unpaired) electrons. The van der Waals surface area contributed by atoms with Gasteiger partial charge in [-0.15, -0.1) is 0 Å². The van der Waals surface area contributed by atoms with E-state index >= 15 is 0 Å². The molecule has 0 saturated heterocycles. The lowest BCUT2D eigenvalue weighted by molar-refractivity contribution is 0.671. The Labute approximate surface area is 401 Å². The van der Waals surface area contributed by atoms with Crippen LogP contribution in [-0.4, -0.2) is 4.57 Å². The van der Waals surface area contributed by atoms with Crippen LogP contribution in [0.2, 0.25) is 0 Å². The Morgan fingerprint density at radius 2 is 0.565 bits per heavy atom. The van der Waals surface area contributed by atoms with Gasteiger partial charge in [0.05, 0.1) is 11.0 Å². The Morgan fingerprint density at radius 1 is 0.246 bits per heavy atom. The van der Waals surface area contributed by atoms with E-state index < -0.39 is 0 Å². The largest absolute Gasteiger partial charge is 0.455 e. The molecule has 11 aromatic carbocycles. The molecule has 13 rings (SSSR count). The van der Waals surface area contributed by atoms with Gasteiger partial charge >= 0.3 is 0 Å². The zero-order valence-corrected chi connectivity index (χ0v) is 37.7. The number of benzene rings is 11. The van der Waals surface area contributed by atoms with E-state index in [1.165, 1.54) is 44.1 Å².